The number of hydrogen-bond acceptors (Lipinski definition) is 4. The zero-order valence-electron chi connectivity index (χ0n) is 8.87. The summed E-state index contributed by atoms with van der Waals surface area (Å²) in [6.45, 7) is 0.930. The molecule has 0 heterocycles. The molecule has 84 valence electrons. The lowest BCUT2D eigenvalue weighted by atomic mass is 9.83. The second-order valence-electron chi connectivity index (χ2n) is 3.91. The zero-order chi connectivity index (χ0) is 10.4. The van der Waals surface area contributed by atoms with Crippen LogP contribution in [0.4, 0.5) is 0 Å². The summed E-state index contributed by atoms with van der Waals surface area (Å²) in [6, 6.07) is 0. The van der Waals surface area contributed by atoms with Gasteiger partial charge in [0.15, 0.2) is 0 Å². The molecule has 0 aromatic carbocycles. The molecular formula is C10H21NO3. The van der Waals surface area contributed by atoms with Crippen LogP contribution < -0.4 is 5.73 Å². The van der Waals surface area contributed by atoms with Crippen LogP contribution in [-0.4, -0.2) is 43.7 Å². The van der Waals surface area contributed by atoms with Crippen LogP contribution in [0.2, 0.25) is 0 Å². The molecule has 1 rings (SSSR count). The molecule has 4 nitrogen and oxygen atoms in total. The number of aliphatic hydroxyl groups is 1. The fourth-order valence-corrected chi connectivity index (χ4v) is 2.11. The van der Waals surface area contributed by atoms with Gasteiger partial charge in [0.1, 0.15) is 0 Å². The predicted molar refractivity (Wildman–Crippen MR) is 54.1 cm³/mol. The van der Waals surface area contributed by atoms with Crippen molar-refractivity contribution in [3.05, 3.63) is 0 Å². The molecule has 0 spiro atoms. The van der Waals surface area contributed by atoms with E-state index in [1.54, 1.807) is 7.11 Å². The first-order valence-corrected chi connectivity index (χ1v) is 5.24. The minimum absolute atomic E-state index is 0.0550. The van der Waals surface area contributed by atoms with Crippen molar-refractivity contribution in [3.8, 4) is 0 Å². The summed E-state index contributed by atoms with van der Waals surface area (Å²) in [5.41, 5.74) is 5.47. The van der Waals surface area contributed by atoms with Crippen molar-refractivity contribution in [1.82, 2.24) is 0 Å². The van der Waals surface area contributed by atoms with Crippen molar-refractivity contribution in [1.29, 1.82) is 0 Å². The molecule has 2 atom stereocenters. The third-order valence-electron chi connectivity index (χ3n) is 2.96. The van der Waals surface area contributed by atoms with Gasteiger partial charge in [-0.2, -0.15) is 0 Å². The third-order valence-corrected chi connectivity index (χ3v) is 2.96. The average molecular weight is 203 g/mol. The van der Waals surface area contributed by atoms with Gasteiger partial charge in [-0.3, -0.25) is 0 Å². The highest BCUT2D eigenvalue weighted by atomic mass is 16.5. The van der Waals surface area contributed by atoms with E-state index in [1.165, 1.54) is 0 Å². The molecule has 3 N–H and O–H groups in total. The standard InChI is InChI=1S/C10H21NO3/c1-13-9-3-2-4-10(7-9,8-11)14-6-5-12/h9,12H,2-8,11H2,1H3. The second kappa shape index (κ2) is 5.66. The number of methoxy groups -OCH3 is 1. The number of hydrogen-bond donors (Lipinski definition) is 2. The summed E-state index contributed by atoms with van der Waals surface area (Å²) in [4.78, 5) is 0. The molecule has 1 aliphatic rings. The van der Waals surface area contributed by atoms with Crippen LogP contribution in [0.15, 0.2) is 0 Å². The minimum atomic E-state index is -0.262. The Morgan fingerprint density at radius 1 is 1.57 bits per heavy atom. The average Bonchev–Trinajstić information content (AvgIpc) is 2.26. The molecule has 0 aromatic heterocycles. The van der Waals surface area contributed by atoms with Gasteiger partial charge in [-0.1, -0.05) is 0 Å². The van der Waals surface area contributed by atoms with Gasteiger partial charge in [0.25, 0.3) is 0 Å². The lowest BCUT2D eigenvalue weighted by Crippen LogP contribution is -2.47. The number of ether oxygens (including phenoxy) is 2. The molecular weight excluding hydrogens is 182 g/mol. The normalized spacial score (nSPS) is 33.2. The van der Waals surface area contributed by atoms with Gasteiger partial charge >= 0.3 is 0 Å². The van der Waals surface area contributed by atoms with Crippen molar-refractivity contribution in [3.63, 3.8) is 0 Å². The van der Waals surface area contributed by atoms with E-state index in [-0.39, 0.29) is 18.3 Å². The first kappa shape index (κ1) is 11.9. The van der Waals surface area contributed by atoms with E-state index in [4.69, 9.17) is 20.3 Å². The summed E-state index contributed by atoms with van der Waals surface area (Å²) >= 11 is 0. The molecule has 1 aliphatic carbocycles. The van der Waals surface area contributed by atoms with Crippen molar-refractivity contribution < 1.29 is 14.6 Å². The molecule has 1 fully saturated rings. The van der Waals surface area contributed by atoms with Crippen LogP contribution in [0, 0.1) is 0 Å². The minimum Gasteiger partial charge on any atom is -0.394 e. The SMILES string of the molecule is COC1CCCC(CN)(OCCO)C1. The van der Waals surface area contributed by atoms with Crippen molar-refractivity contribution in [2.75, 3.05) is 26.9 Å². The quantitative estimate of drug-likeness (QED) is 0.673. The van der Waals surface area contributed by atoms with Gasteiger partial charge in [-0.25, -0.2) is 0 Å². The Hall–Kier alpha value is -0.160. The number of rotatable bonds is 5. The van der Waals surface area contributed by atoms with Gasteiger partial charge in [0.05, 0.1) is 24.9 Å². The molecule has 4 heteroatoms. The van der Waals surface area contributed by atoms with E-state index in [1.807, 2.05) is 0 Å². The Morgan fingerprint density at radius 3 is 2.93 bits per heavy atom. The van der Waals surface area contributed by atoms with Gasteiger partial charge < -0.3 is 20.3 Å². The lowest BCUT2D eigenvalue weighted by molar-refractivity contribution is -0.107. The van der Waals surface area contributed by atoms with Gasteiger partial charge in [0.2, 0.25) is 0 Å². The van der Waals surface area contributed by atoms with Gasteiger partial charge in [0, 0.05) is 20.1 Å². The Morgan fingerprint density at radius 2 is 2.36 bits per heavy atom. The van der Waals surface area contributed by atoms with Crippen molar-refractivity contribution in [2.45, 2.75) is 37.4 Å². The van der Waals surface area contributed by atoms with Crippen molar-refractivity contribution >= 4 is 0 Å². The highest BCUT2D eigenvalue weighted by Gasteiger charge is 2.36. The highest BCUT2D eigenvalue weighted by Crippen LogP contribution is 2.32. The Bertz CT molecular complexity index is 165. The Labute approximate surface area is 85.4 Å². The van der Waals surface area contributed by atoms with Crippen LogP contribution in [0.1, 0.15) is 25.7 Å². The van der Waals surface area contributed by atoms with Crippen LogP contribution in [0.25, 0.3) is 0 Å². The largest absolute Gasteiger partial charge is 0.394 e. The second-order valence-corrected chi connectivity index (χ2v) is 3.91. The lowest BCUT2D eigenvalue weighted by Gasteiger charge is -2.39. The van der Waals surface area contributed by atoms with E-state index in [2.05, 4.69) is 0 Å². The van der Waals surface area contributed by atoms with Gasteiger partial charge in [-0.05, 0) is 19.3 Å². The predicted octanol–water partition coefficient (Wildman–Crippen LogP) is 0.282. The van der Waals surface area contributed by atoms with Crippen LogP contribution in [0.3, 0.4) is 0 Å². The molecule has 0 amide bonds. The van der Waals surface area contributed by atoms with E-state index < -0.39 is 0 Å². The van der Waals surface area contributed by atoms with Crippen LogP contribution >= 0.6 is 0 Å². The van der Waals surface area contributed by atoms with Crippen molar-refractivity contribution in [2.24, 2.45) is 5.73 Å². The summed E-state index contributed by atoms with van der Waals surface area (Å²) in [5, 5.41) is 8.73. The van der Waals surface area contributed by atoms with E-state index in [0.29, 0.717) is 13.2 Å². The first-order valence-electron chi connectivity index (χ1n) is 5.24. The van der Waals surface area contributed by atoms with Gasteiger partial charge in [-0.15, -0.1) is 0 Å². The zero-order valence-corrected chi connectivity index (χ0v) is 8.87. The van der Waals surface area contributed by atoms with Crippen LogP contribution in [0.5, 0.6) is 0 Å². The highest BCUT2D eigenvalue weighted by molar-refractivity contribution is 4.89. The summed E-state index contributed by atoms with van der Waals surface area (Å²) in [7, 11) is 1.73. The summed E-state index contributed by atoms with van der Waals surface area (Å²) in [6.07, 6.45) is 4.25. The topological polar surface area (TPSA) is 64.7 Å². The smallest absolute Gasteiger partial charge is 0.0829 e. The van der Waals surface area contributed by atoms with E-state index >= 15 is 0 Å². The molecule has 0 saturated heterocycles. The molecule has 0 bridgehead atoms. The van der Waals surface area contributed by atoms with E-state index in [0.717, 1.165) is 25.7 Å². The molecule has 0 aromatic rings. The molecule has 14 heavy (non-hydrogen) atoms. The molecule has 1 saturated carbocycles. The molecule has 0 aliphatic heterocycles. The maximum Gasteiger partial charge on any atom is 0.0829 e. The maximum absolute atomic E-state index is 8.73. The third kappa shape index (κ3) is 2.92. The first-order chi connectivity index (χ1) is 6.76. The number of nitrogens with two attached hydrogens (primary N) is 1. The van der Waals surface area contributed by atoms with Crippen LogP contribution in [-0.2, 0) is 9.47 Å². The number of aliphatic hydroxyl groups excluding tert-OH is 1. The Kier molecular flexibility index (Phi) is 4.81. The summed E-state index contributed by atoms with van der Waals surface area (Å²) in [5.74, 6) is 0. The summed E-state index contributed by atoms with van der Waals surface area (Å²) < 4.78 is 11.0. The molecule has 2 unspecified atom stereocenters. The Balaban J connectivity index is 2.49. The van der Waals surface area contributed by atoms with E-state index in [9.17, 15) is 0 Å². The fraction of sp³-hybridized carbons (Fsp3) is 1.00. The monoisotopic (exact) mass is 203 g/mol. The fourth-order valence-electron chi connectivity index (χ4n) is 2.11. The molecule has 0 radical (unpaired) electrons. The maximum atomic E-state index is 8.73.